The number of carbonyl (C=O) groups is 2. The summed E-state index contributed by atoms with van der Waals surface area (Å²) < 4.78 is 1.83. The Morgan fingerprint density at radius 2 is 1.76 bits per heavy atom. The summed E-state index contributed by atoms with van der Waals surface area (Å²) in [4.78, 5) is 25.7. The summed E-state index contributed by atoms with van der Waals surface area (Å²) in [6.07, 6.45) is 2.71. The maximum Gasteiger partial charge on any atom is 0.303 e. The smallest absolute Gasteiger partial charge is 0.303 e. The molecule has 1 aliphatic heterocycles. The molecular formula is C23H31N3O3. The van der Waals surface area contributed by atoms with Gasteiger partial charge in [0.05, 0.1) is 11.4 Å². The largest absolute Gasteiger partial charge is 0.481 e. The summed E-state index contributed by atoms with van der Waals surface area (Å²) >= 11 is 0. The van der Waals surface area contributed by atoms with Crippen molar-refractivity contribution in [2.45, 2.75) is 53.4 Å². The summed E-state index contributed by atoms with van der Waals surface area (Å²) in [5.74, 6) is 0.668. The lowest BCUT2D eigenvalue weighted by atomic mass is 9.86. The monoisotopic (exact) mass is 397 g/mol. The molecular weight excluding hydrogens is 366 g/mol. The van der Waals surface area contributed by atoms with Gasteiger partial charge in [-0.3, -0.25) is 9.59 Å². The molecule has 6 heteroatoms. The maximum atomic E-state index is 12.8. The Morgan fingerprint density at radius 1 is 1.14 bits per heavy atom. The topological polar surface area (TPSA) is 75.4 Å². The molecule has 0 unspecified atom stereocenters. The molecule has 0 bridgehead atoms. The van der Waals surface area contributed by atoms with Crippen LogP contribution in [-0.2, 0) is 11.2 Å². The zero-order chi connectivity index (χ0) is 21.1. The number of aromatic nitrogens is 2. The van der Waals surface area contributed by atoms with Crippen LogP contribution in [-0.4, -0.2) is 44.8 Å². The van der Waals surface area contributed by atoms with Gasteiger partial charge < -0.3 is 10.0 Å². The number of benzene rings is 1. The molecule has 0 saturated carbocycles. The second kappa shape index (κ2) is 8.80. The van der Waals surface area contributed by atoms with Crippen molar-refractivity contribution in [1.29, 1.82) is 0 Å². The van der Waals surface area contributed by atoms with E-state index in [-0.39, 0.29) is 12.3 Å². The van der Waals surface area contributed by atoms with Crippen LogP contribution in [0.2, 0.25) is 0 Å². The van der Waals surface area contributed by atoms with Crippen LogP contribution in [0, 0.1) is 25.7 Å². The van der Waals surface area contributed by atoms with Gasteiger partial charge in [0, 0.05) is 30.8 Å². The SMILES string of the molecule is Cc1nn(-c2ccc(C(=O)N3CCC(C(C)C)CC3)cc2)c(C)c1CCC(=O)O. The van der Waals surface area contributed by atoms with Gasteiger partial charge in [0.2, 0.25) is 0 Å². The van der Waals surface area contributed by atoms with Crippen LogP contribution >= 0.6 is 0 Å². The molecule has 1 aromatic heterocycles. The lowest BCUT2D eigenvalue weighted by molar-refractivity contribution is -0.136. The van der Waals surface area contributed by atoms with Crippen LogP contribution in [0.15, 0.2) is 24.3 Å². The number of aliphatic carboxylic acids is 1. The Balaban J connectivity index is 1.71. The Bertz CT molecular complexity index is 876. The number of carbonyl (C=O) groups excluding carboxylic acids is 1. The highest BCUT2D eigenvalue weighted by Gasteiger charge is 2.25. The van der Waals surface area contributed by atoms with Gasteiger partial charge >= 0.3 is 5.97 Å². The molecule has 1 N–H and O–H groups in total. The van der Waals surface area contributed by atoms with Gasteiger partial charge in [-0.2, -0.15) is 5.10 Å². The van der Waals surface area contributed by atoms with Crippen LogP contribution in [0.5, 0.6) is 0 Å². The van der Waals surface area contributed by atoms with Crippen LogP contribution in [0.3, 0.4) is 0 Å². The molecule has 1 fully saturated rings. The highest BCUT2D eigenvalue weighted by atomic mass is 16.4. The van der Waals surface area contributed by atoms with Crippen LogP contribution in [0.25, 0.3) is 5.69 Å². The van der Waals surface area contributed by atoms with E-state index in [1.807, 2.05) is 47.7 Å². The molecule has 1 aromatic carbocycles. The second-order valence-corrected chi connectivity index (χ2v) is 8.38. The van der Waals surface area contributed by atoms with E-state index in [0.29, 0.717) is 23.8 Å². The Hall–Kier alpha value is -2.63. The molecule has 0 atom stereocenters. The molecule has 1 aliphatic rings. The van der Waals surface area contributed by atoms with Gasteiger partial charge in [0.15, 0.2) is 0 Å². The van der Waals surface area contributed by atoms with Crippen molar-refractivity contribution in [2.24, 2.45) is 11.8 Å². The van der Waals surface area contributed by atoms with Crippen LogP contribution < -0.4 is 0 Å². The highest BCUT2D eigenvalue weighted by Crippen LogP contribution is 2.26. The first-order chi connectivity index (χ1) is 13.8. The Labute approximate surface area is 172 Å². The van der Waals surface area contributed by atoms with Crippen molar-refractivity contribution in [3.05, 3.63) is 46.8 Å². The number of likely N-dealkylation sites (tertiary alicyclic amines) is 1. The first-order valence-corrected chi connectivity index (χ1v) is 10.4. The number of hydrogen-bond acceptors (Lipinski definition) is 3. The zero-order valence-electron chi connectivity index (χ0n) is 17.8. The average molecular weight is 398 g/mol. The van der Waals surface area contributed by atoms with E-state index in [1.165, 1.54) is 0 Å². The van der Waals surface area contributed by atoms with E-state index in [4.69, 9.17) is 5.11 Å². The normalized spacial score (nSPS) is 15.1. The predicted octanol–water partition coefficient (Wildman–Crippen LogP) is 4.01. The number of carboxylic acids is 1. The predicted molar refractivity (Wildman–Crippen MR) is 112 cm³/mol. The molecule has 2 aromatic rings. The number of amides is 1. The minimum absolute atomic E-state index is 0.0916. The van der Waals surface area contributed by atoms with Gasteiger partial charge in [0.25, 0.3) is 5.91 Å². The third-order valence-electron chi connectivity index (χ3n) is 6.16. The molecule has 6 nitrogen and oxygen atoms in total. The van der Waals surface area contributed by atoms with E-state index in [9.17, 15) is 9.59 Å². The lowest BCUT2D eigenvalue weighted by Gasteiger charge is -2.34. The molecule has 0 spiro atoms. The summed E-state index contributed by atoms with van der Waals surface area (Å²) in [5.41, 5.74) is 4.34. The molecule has 29 heavy (non-hydrogen) atoms. The fourth-order valence-corrected chi connectivity index (χ4v) is 4.22. The second-order valence-electron chi connectivity index (χ2n) is 8.38. The molecule has 1 saturated heterocycles. The number of aryl methyl sites for hydroxylation is 1. The van der Waals surface area contributed by atoms with Crippen molar-refractivity contribution in [3.63, 3.8) is 0 Å². The fourth-order valence-electron chi connectivity index (χ4n) is 4.22. The van der Waals surface area contributed by atoms with E-state index in [1.54, 1.807) is 0 Å². The quantitative estimate of drug-likeness (QED) is 0.799. The van der Waals surface area contributed by atoms with Crippen molar-refractivity contribution >= 4 is 11.9 Å². The third-order valence-corrected chi connectivity index (χ3v) is 6.16. The molecule has 3 rings (SSSR count). The van der Waals surface area contributed by atoms with Crippen LogP contribution in [0.4, 0.5) is 0 Å². The highest BCUT2D eigenvalue weighted by molar-refractivity contribution is 5.94. The number of piperidine rings is 1. The van der Waals surface area contributed by atoms with E-state index in [0.717, 1.165) is 48.6 Å². The average Bonchev–Trinajstić information content (AvgIpc) is 2.99. The molecule has 0 radical (unpaired) electrons. The summed E-state index contributed by atoms with van der Waals surface area (Å²) in [5, 5.41) is 13.5. The van der Waals surface area contributed by atoms with Crippen molar-refractivity contribution < 1.29 is 14.7 Å². The number of carboxylic acid groups (broad SMARTS) is 1. The summed E-state index contributed by atoms with van der Waals surface area (Å²) in [7, 11) is 0. The van der Waals surface area contributed by atoms with Gasteiger partial charge in [0.1, 0.15) is 0 Å². The summed E-state index contributed by atoms with van der Waals surface area (Å²) in [6.45, 7) is 10.0. The van der Waals surface area contributed by atoms with Crippen LogP contribution in [0.1, 0.15) is 60.4 Å². The molecule has 2 heterocycles. The first-order valence-electron chi connectivity index (χ1n) is 10.4. The Kier molecular flexibility index (Phi) is 6.40. The van der Waals surface area contributed by atoms with E-state index in [2.05, 4.69) is 18.9 Å². The molecule has 0 aliphatic carbocycles. The van der Waals surface area contributed by atoms with E-state index < -0.39 is 5.97 Å². The Morgan fingerprint density at radius 3 is 2.31 bits per heavy atom. The number of nitrogens with zero attached hydrogens (tertiary/aromatic N) is 3. The third kappa shape index (κ3) is 4.69. The molecule has 156 valence electrons. The van der Waals surface area contributed by atoms with Gasteiger partial charge in [-0.15, -0.1) is 0 Å². The number of hydrogen-bond donors (Lipinski definition) is 1. The number of rotatable bonds is 6. The lowest BCUT2D eigenvalue weighted by Crippen LogP contribution is -2.39. The minimum atomic E-state index is -0.808. The summed E-state index contributed by atoms with van der Waals surface area (Å²) in [6, 6.07) is 7.54. The standard InChI is InChI=1S/C23H31N3O3/c1-15(2)18-11-13-25(14-12-18)23(29)19-5-7-20(8-6-19)26-17(4)21(16(3)24-26)9-10-22(27)28/h5-8,15,18H,9-14H2,1-4H3,(H,27,28). The van der Waals surface area contributed by atoms with Gasteiger partial charge in [-0.1, -0.05) is 13.8 Å². The fraction of sp³-hybridized carbons (Fsp3) is 0.522. The minimum Gasteiger partial charge on any atom is -0.481 e. The first kappa shape index (κ1) is 21.1. The maximum absolute atomic E-state index is 12.8. The van der Waals surface area contributed by atoms with Gasteiger partial charge in [-0.25, -0.2) is 4.68 Å². The van der Waals surface area contributed by atoms with Crippen molar-refractivity contribution in [2.75, 3.05) is 13.1 Å². The van der Waals surface area contributed by atoms with Gasteiger partial charge in [-0.05, 0) is 74.8 Å². The molecule has 1 amide bonds. The van der Waals surface area contributed by atoms with Crippen molar-refractivity contribution in [3.8, 4) is 5.69 Å². The zero-order valence-corrected chi connectivity index (χ0v) is 17.8. The van der Waals surface area contributed by atoms with Crippen molar-refractivity contribution in [1.82, 2.24) is 14.7 Å². The van der Waals surface area contributed by atoms with E-state index >= 15 is 0 Å².